The number of nitrogens with zero attached hydrogens (tertiary/aromatic N) is 1. The van der Waals surface area contributed by atoms with Crippen LogP contribution in [0.3, 0.4) is 0 Å². The lowest BCUT2D eigenvalue weighted by Crippen LogP contribution is -2.05. The van der Waals surface area contributed by atoms with Crippen LogP contribution in [0.25, 0.3) is 5.57 Å². The number of esters is 1. The van der Waals surface area contributed by atoms with E-state index >= 15 is 0 Å². The summed E-state index contributed by atoms with van der Waals surface area (Å²) < 4.78 is 5.25. The van der Waals surface area contributed by atoms with E-state index < -0.39 is 5.97 Å². The molecule has 0 N–H and O–H groups in total. The fourth-order valence-corrected chi connectivity index (χ4v) is 2.35. The molecule has 22 heavy (non-hydrogen) atoms. The van der Waals surface area contributed by atoms with E-state index in [1.165, 1.54) is 0 Å². The van der Waals surface area contributed by atoms with Gasteiger partial charge < -0.3 is 4.74 Å². The normalized spacial score (nSPS) is 16.3. The zero-order valence-corrected chi connectivity index (χ0v) is 13.2. The van der Waals surface area contributed by atoms with Gasteiger partial charge in [-0.2, -0.15) is 0 Å². The predicted octanol–water partition coefficient (Wildman–Crippen LogP) is 4.73. The maximum Gasteiger partial charge on any atom is 0.364 e. The lowest BCUT2D eigenvalue weighted by molar-refractivity contribution is -0.129. The molecule has 2 aromatic carbocycles. The van der Waals surface area contributed by atoms with Gasteiger partial charge in [-0.25, -0.2) is 9.79 Å². The SMILES string of the molecule is C/C(=C1\N=C(c2ccc(Cl)cc2)OC1=O)c1ccc(Cl)cc1. The van der Waals surface area contributed by atoms with Crippen LogP contribution in [0.1, 0.15) is 18.1 Å². The van der Waals surface area contributed by atoms with E-state index in [1.54, 1.807) is 36.4 Å². The van der Waals surface area contributed by atoms with Gasteiger partial charge in [0, 0.05) is 15.6 Å². The monoisotopic (exact) mass is 331 g/mol. The van der Waals surface area contributed by atoms with Gasteiger partial charge in [0.25, 0.3) is 0 Å². The molecule has 1 aliphatic heterocycles. The average Bonchev–Trinajstić information content (AvgIpc) is 2.90. The molecule has 0 aromatic heterocycles. The van der Waals surface area contributed by atoms with E-state index in [0.29, 0.717) is 21.3 Å². The smallest absolute Gasteiger partial charge is 0.364 e. The third-order valence-corrected chi connectivity index (χ3v) is 3.82. The van der Waals surface area contributed by atoms with E-state index in [9.17, 15) is 4.79 Å². The summed E-state index contributed by atoms with van der Waals surface area (Å²) in [6.07, 6.45) is 0. The van der Waals surface area contributed by atoms with E-state index in [2.05, 4.69) is 4.99 Å². The molecular formula is C17H11Cl2NO2. The molecule has 3 rings (SSSR count). The average molecular weight is 332 g/mol. The van der Waals surface area contributed by atoms with Crippen molar-refractivity contribution >= 4 is 40.6 Å². The van der Waals surface area contributed by atoms with Crippen molar-refractivity contribution in [3.8, 4) is 0 Å². The zero-order chi connectivity index (χ0) is 15.7. The highest BCUT2D eigenvalue weighted by Crippen LogP contribution is 2.26. The first-order valence-corrected chi connectivity index (χ1v) is 7.34. The third-order valence-electron chi connectivity index (χ3n) is 3.32. The van der Waals surface area contributed by atoms with Crippen LogP contribution in [-0.4, -0.2) is 11.9 Å². The third kappa shape index (κ3) is 2.91. The summed E-state index contributed by atoms with van der Waals surface area (Å²) >= 11 is 11.7. The van der Waals surface area contributed by atoms with Gasteiger partial charge in [0.05, 0.1) is 0 Å². The van der Waals surface area contributed by atoms with E-state index in [0.717, 1.165) is 11.1 Å². The summed E-state index contributed by atoms with van der Waals surface area (Å²) in [5.41, 5.74) is 2.62. The molecule has 0 unspecified atom stereocenters. The summed E-state index contributed by atoms with van der Waals surface area (Å²) in [7, 11) is 0. The number of hydrogen-bond donors (Lipinski definition) is 0. The van der Waals surface area contributed by atoms with Crippen LogP contribution in [0, 0.1) is 0 Å². The molecule has 0 amide bonds. The topological polar surface area (TPSA) is 38.7 Å². The highest BCUT2D eigenvalue weighted by Gasteiger charge is 2.26. The summed E-state index contributed by atoms with van der Waals surface area (Å²) in [5, 5.41) is 1.25. The number of allylic oxidation sites excluding steroid dienone is 1. The Balaban J connectivity index is 2.00. The molecule has 0 spiro atoms. The lowest BCUT2D eigenvalue weighted by Gasteiger charge is -2.02. The Bertz CT molecular complexity index is 790. The molecule has 110 valence electrons. The van der Waals surface area contributed by atoms with Crippen molar-refractivity contribution < 1.29 is 9.53 Å². The first-order chi connectivity index (χ1) is 10.5. The summed E-state index contributed by atoms with van der Waals surface area (Å²) in [5.74, 6) is -0.178. The fourth-order valence-electron chi connectivity index (χ4n) is 2.10. The Kier molecular flexibility index (Phi) is 4.01. The quantitative estimate of drug-likeness (QED) is 0.589. The van der Waals surface area contributed by atoms with Crippen LogP contribution in [0.15, 0.2) is 59.2 Å². The summed E-state index contributed by atoms with van der Waals surface area (Å²) in [6.45, 7) is 1.83. The highest BCUT2D eigenvalue weighted by molar-refractivity contribution is 6.31. The predicted molar refractivity (Wildman–Crippen MR) is 88.1 cm³/mol. The molecule has 0 atom stereocenters. The second-order valence-electron chi connectivity index (χ2n) is 4.79. The van der Waals surface area contributed by atoms with E-state index in [-0.39, 0.29) is 5.90 Å². The number of hydrogen-bond acceptors (Lipinski definition) is 3. The number of halogens is 2. The van der Waals surface area contributed by atoms with Gasteiger partial charge in [-0.1, -0.05) is 35.3 Å². The van der Waals surface area contributed by atoms with Gasteiger partial charge in [0.15, 0.2) is 5.70 Å². The molecule has 0 radical (unpaired) electrons. The molecule has 5 heteroatoms. The van der Waals surface area contributed by atoms with Crippen molar-refractivity contribution in [2.75, 3.05) is 0 Å². The van der Waals surface area contributed by atoms with E-state index in [1.807, 2.05) is 19.1 Å². The number of carbonyl (C=O) groups is 1. The Labute approximate surface area is 137 Å². The maximum absolute atomic E-state index is 12.1. The number of aliphatic imine (C=N–C) groups is 1. The van der Waals surface area contributed by atoms with Crippen molar-refractivity contribution in [2.45, 2.75) is 6.92 Å². The Morgan fingerprint density at radius 3 is 2.09 bits per heavy atom. The van der Waals surface area contributed by atoms with Crippen LogP contribution in [0.5, 0.6) is 0 Å². The lowest BCUT2D eigenvalue weighted by atomic mass is 10.1. The van der Waals surface area contributed by atoms with Crippen molar-refractivity contribution in [1.29, 1.82) is 0 Å². The molecule has 0 bridgehead atoms. The largest absolute Gasteiger partial charge is 0.402 e. The van der Waals surface area contributed by atoms with Crippen LogP contribution in [0.2, 0.25) is 10.0 Å². The van der Waals surface area contributed by atoms with Crippen molar-refractivity contribution in [3.05, 3.63) is 75.4 Å². The number of cyclic esters (lactones) is 1. The summed E-state index contributed by atoms with van der Waals surface area (Å²) in [4.78, 5) is 16.4. The van der Waals surface area contributed by atoms with Gasteiger partial charge in [-0.15, -0.1) is 0 Å². The molecule has 1 heterocycles. The first-order valence-electron chi connectivity index (χ1n) is 6.58. The minimum Gasteiger partial charge on any atom is -0.402 e. The molecule has 0 saturated carbocycles. The second-order valence-corrected chi connectivity index (χ2v) is 5.67. The van der Waals surface area contributed by atoms with Gasteiger partial charge >= 0.3 is 5.97 Å². The van der Waals surface area contributed by atoms with Crippen molar-refractivity contribution in [2.24, 2.45) is 4.99 Å². The number of ether oxygens (including phenoxy) is 1. The van der Waals surface area contributed by atoms with Crippen LogP contribution in [-0.2, 0) is 9.53 Å². The molecule has 0 aliphatic carbocycles. The molecule has 3 nitrogen and oxygen atoms in total. The van der Waals surface area contributed by atoms with Crippen LogP contribution in [0.4, 0.5) is 0 Å². The van der Waals surface area contributed by atoms with Crippen molar-refractivity contribution in [1.82, 2.24) is 0 Å². The summed E-state index contributed by atoms with van der Waals surface area (Å²) in [6, 6.07) is 14.2. The zero-order valence-electron chi connectivity index (χ0n) is 11.6. The highest BCUT2D eigenvalue weighted by atomic mass is 35.5. The Morgan fingerprint density at radius 2 is 1.50 bits per heavy atom. The minimum absolute atomic E-state index is 0.282. The first kappa shape index (κ1) is 14.8. The van der Waals surface area contributed by atoms with Gasteiger partial charge in [0.1, 0.15) is 0 Å². The maximum atomic E-state index is 12.1. The van der Waals surface area contributed by atoms with Crippen molar-refractivity contribution in [3.63, 3.8) is 0 Å². The Hall–Kier alpha value is -2.10. The van der Waals surface area contributed by atoms with Gasteiger partial charge in [0.2, 0.25) is 5.90 Å². The number of rotatable bonds is 2. The standard InChI is InChI=1S/C17H11Cl2NO2/c1-10(11-2-6-13(18)7-3-11)15-17(21)22-16(20-15)12-4-8-14(19)9-5-12/h2-9H,1H3/b15-10+. The van der Waals surface area contributed by atoms with Gasteiger partial charge in [-0.05, 0) is 54.5 Å². The van der Waals surface area contributed by atoms with Crippen LogP contribution >= 0.6 is 23.2 Å². The molecule has 0 fully saturated rings. The fraction of sp³-hybridized carbons (Fsp3) is 0.0588. The Morgan fingerprint density at radius 1 is 0.955 bits per heavy atom. The van der Waals surface area contributed by atoms with Crippen LogP contribution < -0.4 is 0 Å². The van der Waals surface area contributed by atoms with E-state index in [4.69, 9.17) is 27.9 Å². The molecule has 1 aliphatic rings. The second kappa shape index (κ2) is 5.95. The van der Waals surface area contributed by atoms with Gasteiger partial charge in [-0.3, -0.25) is 0 Å². The molecule has 2 aromatic rings. The minimum atomic E-state index is -0.461. The number of carbonyl (C=O) groups excluding carboxylic acids is 1. The number of benzene rings is 2. The molecule has 0 saturated heterocycles. The molecular weight excluding hydrogens is 321 g/mol.